The van der Waals surface area contributed by atoms with Crippen molar-refractivity contribution in [3.05, 3.63) is 58.6 Å². The summed E-state index contributed by atoms with van der Waals surface area (Å²) in [5, 5.41) is 4.37. The third-order valence-corrected chi connectivity index (χ3v) is 5.73. The highest BCUT2D eigenvalue weighted by Gasteiger charge is 2.30. The van der Waals surface area contributed by atoms with Crippen LogP contribution in [-0.4, -0.2) is 33.3 Å². The highest BCUT2D eigenvalue weighted by atomic mass is 35.5. The average molecular weight is 451 g/mol. The van der Waals surface area contributed by atoms with Gasteiger partial charge in [-0.1, -0.05) is 35.0 Å². The minimum absolute atomic E-state index is 0.0853. The number of hydrogen-bond donors (Lipinski definition) is 1. The number of aromatic nitrogens is 1. The van der Waals surface area contributed by atoms with Gasteiger partial charge < -0.3 is 14.0 Å². The van der Waals surface area contributed by atoms with Crippen LogP contribution in [0.5, 0.6) is 5.75 Å². The van der Waals surface area contributed by atoms with Crippen molar-refractivity contribution in [3.63, 3.8) is 0 Å². The van der Waals surface area contributed by atoms with Gasteiger partial charge in [0.05, 0.1) is 13.7 Å². The van der Waals surface area contributed by atoms with Gasteiger partial charge in [-0.3, -0.25) is 0 Å². The summed E-state index contributed by atoms with van der Waals surface area (Å²) in [5.74, 6) is -0.997. The van der Waals surface area contributed by atoms with E-state index in [1.165, 1.54) is 19.2 Å². The lowest BCUT2D eigenvalue weighted by atomic mass is 10.1. The second kappa shape index (κ2) is 8.76. The van der Waals surface area contributed by atoms with E-state index in [-0.39, 0.29) is 34.4 Å². The van der Waals surface area contributed by atoms with Gasteiger partial charge in [-0.15, -0.1) is 0 Å². The molecule has 158 valence electrons. The van der Waals surface area contributed by atoms with Crippen molar-refractivity contribution in [2.75, 3.05) is 18.4 Å². The van der Waals surface area contributed by atoms with Gasteiger partial charge in [-0.05, 0) is 43.7 Å². The normalized spacial score (nSPS) is 11.2. The quantitative estimate of drug-likeness (QED) is 0.535. The number of carbonyl (C=O) groups excluding carboxylic acids is 1. The number of hydrogen-bond acceptors (Lipinski definition) is 7. The Morgan fingerprint density at radius 1 is 1.20 bits per heavy atom. The zero-order valence-corrected chi connectivity index (χ0v) is 18.0. The molecule has 0 aliphatic rings. The number of halogens is 1. The van der Waals surface area contributed by atoms with E-state index in [4.69, 9.17) is 25.6 Å². The third kappa shape index (κ3) is 4.42. The molecule has 0 spiro atoms. The van der Waals surface area contributed by atoms with Crippen LogP contribution in [0.3, 0.4) is 0 Å². The maximum absolute atomic E-state index is 13.0. The molecule has 30 heavy (non-hydrogen) atoms. The van der Waals surface area contributed by atoms with Crippen LogP contribution in [0.25, 0.3) is 11.3 Å². The Morgan fingerprint density at radius 2 is 1.90 bits per heavy atom. The monoisotopic (exact) mass is 450 g/mol. The molecular weight excluding hydrogens is 432 g/mol. The van der Waals surface area contributed by atoms with Crippen LogP contribution in [0.4, 0.5) is 5.88 Å². The molecule has 0 unspecified atom stereocenters. The van der Waals surface area contributed by atoms with E-state index >= 15 is 0 Å². The van der Waals surface area contributed by atoms with Gasteiger partial charge >= 0.3 is 5.97 Å². The number of rotatable bonds is 7. The maximum atomic E-state index is 13.0. The van der Waals surface area contributed by atoms with Crippen LogP contribution in [0.2, 0.25) is 5.02 Å². The Hall–Kier alpha value is -3.04. The fourth-order valence-electron chi connectivity index (χ4n) is 2.73. The summed E-state index contributed by atoms with van der Waals surface area (Å²) in [6.07, 6.45) is 0. The number of nitrogens with zero attached hydrogens (tertiary/aromatic N) is 1. The van der Waals surface area contributed by atoms with Crippen molar-refractivity contribution in [3.8, 4) is 17.0 Å². The summed E-state index contributed by atoms with van der Waals surface area (Å²) in [7, 11) is -2.80. The van der Waals surface area contributed by atoms with Crippen molar-refractivity contribution in [1.29, 1.82) is 0 Å². The van der Waals surface area contributed by atoms with Gasteiger partial charge in [-0.2, -0.15) is 0 Å². The first-order valence-corrected chi connectivity index (χ1v) is 10.7. The number of ether oxygens (including phenoxy) is 2. The highest BCUT2D eigenvalue weighted by molar-refractivity contribution is 7.92. The van der Waals surface area contributed by atoms with E-state index in [9.17, 15) is 13.2 Å². The second-order valence-electron chi connectivity index (χ2n) is 6.22. The molecule has 0 saturated heterocycles. The molecule has 0 bridgehead atoms. The number of carbonyl (C=O) groups is 1. The summed E-state index contributed by atoms with van der Waals surface area (Å²) in [6.45, 7) is 3.46. The molecule has 0 aliphatic carbocycles. The predicted molar refractivity (Wildman–Crippen MR) is 111 cm³/mol. The molecule has 0 atom stereocenters. The minimum atomic E-state index is -4.16. The second-order valence-corrected chi connectivity index (χ2v) is 8.31. The van der Waals surface area contributed by atoms with Crippen LogP contribution in [-0.2, 0) is 14.8 Å². The Kier molecular flexibility index (Phi) is 6.33. The molecule has 1 heterocycles. The Labute approximate surface area is 178 Å². The van der Waals surface area contributed by atoms with Crippen molar-refractivity contribution in [2.45, 2.75) is 18.7 Å². The van der Waals surface area contributed by atoms with E-state index in [1.54, 1.807) is 44.2 Å². The summed E-state index contributed by atoms with van der Waals surface area (Å²) in [6, 6.07) is 11.2. The fraction of sp³-hybridized carbons (Fsp3) is 0.200. The van der Waals surface area contributed by atoms with Gasteiger partial charge in [0.15, 0.2) is 5.56 Å². The number of sulfonamides is 1. The van der Waals surface area contributed by atoms with Gasteiger partial charge in [0.2, 0.25) is 0 Å². The standard InChI is InChI=1S/C20H19ClN2O6S/c1-4-28-20(24)17-18(13-6-8-14(21)9-7-13)22-29-19(17)23-30(25,26)16-11-12(2)5-10-15(16)27-3/h5-11,23H,4H2,1-3H3. The molecule has 3 rings (SSSR count). The zero-order valence-electron chi connectivity index (χ0n) is 16.4. The molecule has 0 fully saturated rings. The van der Waals surface area contributed by atoms with Crippen LogP contribution < -0.4 is 9.46 Å². The van der Waals surface area contributed by atoms with Gasteiger partial charge in [0.1, 0.15) is 16.3 Å². The summed E-state index contributed by atoms with van der Waals surface area (Å²) in [5.41, 5.74) is 1.19. The van der Waals surface area contributed by atoms with Gasteiger partial charge in [0.25, 0.3) is 15.9 Å². The largest absolute Gasteiger partial charge is 0.495 e. The number of esters is 1. The first-order chi connectivity index (χ1) is 14.3. The van der Waals surface area contributed by atoms with Crippen LogP contribution in [0.1, 0.15) is 22.8 Å². The van der Waals surface area contributed by atoms with Gasteiger partial charge in [0, 0.05) is 10.6 Å². The molecule has 0 saturated carbocycles. The van der Waals surface area contributed by atoms with E-state index in [0.29, 0.717) is 16.1 Å². The van der Waals surface area contributed by atoms with Gasteiger partial charge in [-0.25, -0.2) is 17.9 Å². The van der Waals surface area contributed by atoms with E-state index in [2.05, 4.69) is 9.88 Å². The minimum Gasteiger partial charge on any atom is -0.495 e. The molecule has 8 nitrogen and oxygen atoms in total. The topological polar surface area (TPSA) is 108 Å². The molecule has 0 amide bonds. The lowest BCUT2D eigenvalue weighted by Crippen LogP contribution is -2.16. The highest BCUT2D eigenvalue weighted by Crippen LogP contribution is 2.33. The maximum Gasteiger partial charge on any atom is 0.346 e. The molecule has 0 aliphatic heterocycles. The van der Waals surface area contributed by atoms with Crippen molar-refractivity contribution in [2.24, 2.45) is 0 Å². The first-order valence-electron chi connectivity index (χ1n) is 8.87. The molecule has 3 aromatic rings. The van der Waals surface area contributed by atoms with E-state index in [1.807, 2.05) is 0 Å². The smallest absolute Gasteiger partial charge is 0.346 e. The SMILES string of the molecule is CCOC(=O)c1c(-c2ccc(Cl)cc2)noc1NS(=O)(=O)c1cc(C)ccc1OC. The Morgan fingerprint density at radius 3 is 2.53 bits per heavy atom. The predicted octanol–water partition coefficient (Wildman–Crippen LogP) is 4.29. The molecule has 10 heteroatoms. The number of anilines is 1. The zero-order chi connectivity index (χ0) is 21.9. The number of nitrogens with one attached hydrogen (secondary N) is 1. The lowest BCUT2D eigenvalue weighted by Gasteiger charge is -2.11. The third-order valence-electron chi connectivity index (χ3n) is 4.13. The molecule has 0 radical (unpaired) electrons. The molecule has 1 N–H and O–H groups in total. The Bertz CT molecular complexity index is 1170. The van der Waals surface area contributed by atoms with Crippen LogP contribution >= 0.6 is 11.6 Å². The summed E-state index contributed by atoms with van der Waals surface area (Å²) >= 11 is 5.91. The first kappa shape index (κ1) is 21.7. The molecule has 1 aromatic heterocycles. The van der Waals surface area contributed by atoms with Crippen LogP contribution in [0, 0.1) is 6.92 Å². The summed E-state index contributed by atoms with van der Waals surface area (Å²) in [4.78, 5) is 12.5. The van der Waals surface area contributed by atoms with Crippen molar-refractivity contribution >= 4 is 33.5 Å². The van der Waals surface area contributed by atoms with E-state index in [0.717, 1.165) is 0 Å². The molecular formula is C20H19ClN2O6S. The van der Waals surface area contributed by atoms with Crippen molar-refractivity contribution in [1.82, 2.24) is 5.16 Å². The summed E-state index contributed by atoms with van der Waals surface area (Å²) < 4.78 is 43.7. The Balaban J connectivity index is 2.09. The number of aryl methyl sites for hydroxylation is 1. The number of benzene rings is 2. The lowest BCUT2D eigenvalue weighted by molar-refractivity contribution is 0.0528. The molecule has 2 aromatic carbocycles. The number of methoxy groups -OCH3 is 1. The van der Waals surface area contributed by atoms with Crippen LogP contribution in [0.15, 0.2) is 51.9 Å². The van der Waals surface area contributed by atoms with E-state index < -0.39 is 16.0 Å². The average Bonchev–Trinajstić information content (AvgIpc) is 3.11. The fourth-order valence-corrected chi connectivity index (χ4v) is 4.10. The van der Waals surface area contributed by atoms with Crippen molar-refractivity contribution < 1.29 is 27.2 Å².